The Morgan fingerprint density at radius 3 is 2.47 bits per heavy atom. The molecule has 0 atom stereocenters. The van der Waals surface area contributed by atoms with E-state index in [1.807, 2.05) is 38.3 Å². The van der Waals surface area contributed by atoms with Crippen LogP contribution in [0.2, 0.25) is 0 Å². The van der Waals surface area contributed by atoms with E-state index in [1.54, 1.807) is 0 Å². The van der Waals surface area contributed by atoms with Gasteiger partial charge in [0.1, 0.15) is 0 Å². The van der Waals surface area contributed by atoms with Crippen molar-refractivity contribution in [1.82, 2.24) is 14.9 Å². The number of sulfonamides is 1. The Kier molecular flexibility index (Phi) is 8.53. The Morgan fingerprint density at radius 1 is 1.12 bits per heavy atom. The summed E-state index contributed by atoms with van der Waals surface area (Å²) in [6.07, 6.45) is 0. The van der Waals surface area contributed by atoms with E-state index >= 15 is 0 Å². The first kappa shape index (κ1) is 25.5. The van der Waals surface area contributed by atoms with Crippen LogP contribution >= 0.6 is 11.3 Å². The predicted molar refractivity (Wildman–Crippen MR) is 121 cm³/mol. The summed E-state index contributed by atoms with van der Waals surface area (Å²) in [4.78, 5) is 38.3. The molecular formula is C21H27N3O6S2. The van der Waals surface area contributed by atoms with Gasteiger partial charge in [-0.2, -0.15) is 0 Å². The van der Waals surface area contributed by atoms with E-state index in [2.05, 4.69) is 10.0 Å². The SMILES string of the molecule is CN(CC(=O)NC(C)(C)C)C(=O)COC(=O)c1cccc(S(=O)(=O)NCc2cccs2)c1. The van der Waals surface area contributed by atoms with Crippen LogP contribution in [0.5, 0.6) is 0 Å². The first-order valence-electron chi connectivity index (χ1n) is 9.71. The third-order valence-electron chi connectivity index (χ3n) is 4.04. The minimum atomic E-state index is -3.84. The Bertz CT molecular complexity index is 1060. The number of nitrogens with one attached hydrogen (secondary N) is 2. The van der Waals surface area contributed by atoms with Crippen LogP contribution in [-0.4, -0.2) is 56.8 Å². The maximum atomic E-state index is 12.5. The number of hydrogen-bond donors (Lipinski definition) is 2. The first-order chi connectivity index (χ1) is 14.9. The molecule has 0 aliphatic heterocycles. The number of thiophene rings is 1. The number of hydrogen-bond acceptors (Lipinski definition) is 7. The third kappa shape index (κ3) is 8.06. The van der Waals surface area contributed by atoms with Crippen molar-refractivity contribution in [2.24, 2.45) is 0 Å². The summed E-state index contributed by atoms with van der Waals surface area (Å²) in [7, 11) is -2.41. The number of amides is 2. The molecule has 2 rings (SSSR count). The highest BCUT2D eigenvalue weighted by Gasteiger charge is 2.20. The lowest BCUT2D eigenvalue weighted by Crippen LogP contribution is -2.46. The lowest BCUT2D eigenvalue weighted by Gasteiger charge is -2.23. The topological polar surface area (TPSA) is 122 Å². The summed E-state index contributed by atoms with van der Waals surface area (Å²) in [5.74, 6) is -1.75. The number of carbonyl (C=O) groups is 3. The normalized spacial score (nSPS) is 11.6. The molecule has 9 nitrogen and oxygen atoms in total. The summed E-state index contributed by atoms with van der Waals surface area (Å²) >= 11 is 1.42. The van der Waals surface area contributed by atoms with Crippen molar-refractivity contribution in [3.63, 3.8) is 0 Å². The molecule has 1 aromatic heterocycles. The fourth-order valence-corrected chi connectivity index (χ4v) is 4.32. The molecule has 0 fully saturated rings. The smallest absolute Gasteiger partial charge is 0.338 e. The fourth-order valence-electron chi connectivity index (χ4n) is 2.54. The number of nitrogens with zero attached hydrogens (tertiary/aromatic N) is 1. The minimum Gasteiger partial charge on any atom is -0.452 e. The summed E-state index contributed by atoms with van der Waals surface area (Å²) in [5, 5.41) is 4.58. The van der Waals surface area contributed by atoms with Crippen LogP contribution in [0.25, 0.3) is 0 Å². The molecule has 0 saturated heterocycles. The van der Waals surface area contributed by atoms with Crippen molar-refractivity contribution < 1.29 is 27.5 Å². The second kappa shape index (κ2) is 10.7. The van der Waals surface area contributed by atoms with Crippen molar-refractivity contribution in [1.29, 1.82) is 0 Å². The number of rotatable bonds is 9. The highest BCUT2D eigenvalue weighted by atomic mass is 32.2. The number of likely N-dealkylation sites (N-methyl/N-ethyl adjacent to an activating group) is 1. The lowest BCUT2D eigenvalue weighted by atomic mass is 10.1. The van der Waals surface area contributed by atoms with Crippen LogP contribution in [0.3, 0.4) is 0 Å². The van der Waals surface area contributed by atoms with Gasteiger partial charge in [0.25, 0.3) is 5.91 Å². The van der Waals surface area contributed by atoms with E-state index in [0.29, 0.717) is 0 Å². The molecule has 0 radical (unpaired) electrons. The van der Waals surface area contributed by atoms with E-state index in [-0.39, 0.29) is 29.5 Å². The average molecular weight is 482 g/mol. The van der Waals surface area contributed by atoms with Crippen molar-refractivity contribution in [2.45, 2.75) is 37.8 Å². The van der Waals surface area contributed by atoms with E-state index in [4.69, 9.17) is 4.74 Å². The summed E-state index contributed by atoms with van der Waals surface area (Å²) in [5.41, 5.74) is -0.442. The Labute approximate surface area is 191 Å². The predicted octanol–water partition coefficient (Wildman–Crippen LogP) is 1.76. The number of esters is 1. The molecule has 0 unspecified atom stereocenters. The molecule has 2 N–H and O–H groups in total. The van der Waals surface area contributed by atoms with Gasteiger partial charge in [0.15, 0.2) is 6.61 Å². The number of carbonyl (C=O) groups excluding carboxylic acids is 3. The molecule has 11 heteroatoms. The maximum Gasteiger partial charge on any atom is 0.338 e. The van der Waals surface area contributed by atoms with Gasteiger partial charge >= 0.3 is 5.97 Å². The molecule has 1 aromatic carbocycles. The van der Waals surface area contributed by atoms with E-state index in [0.717, 1.165) is 9.78 Å². The van der Waals surface area contributed by atoms with E-state index < -0.39 is 34.0 Å². The number of benzene rings is 1. The molecule has 0 saturated carbocycles. The van der Waals surface area contributed by atoms with Crippen molar-refractivity contribution >= 4 is 39.1 Å². The molecule has 0 aliphatic carbocycles. The zero-order valence-electron chi connectivity index (χ0n) is 18.4. The molecule has 0 bridgehead atoms. The van der Waals surface area contributed by atoms with Gasteiger partial charge in [0.2, 0.25) is 15.9 Å². The Balaban J connectivity index is 1.93. The van der Waals surface area contributed by atoms with Crippen LogP contribution in [0, 0.1) is 0 Å². The van der Waals surface area contributed by atoms with Crippen LogP contribution in [-0.2, 0) is 30.9 Å². The second-order valence-corrected chi connectivity index (χ2v) is 10.9. The highest BCUT2D eigenvalue weighted by molar-refractivity contribution is 7.89. The largest absolute Gasteiger partial charge is 0.452 e. The van der Waals surface area contributed by atoms with E-state index in [1.165, 1.54) is 42.6 Å². The third-order valence-corrected chi connectivity index (χ3v) is 6.32. The molecule has 32 heavy (non-hydrogen) atoms. The van der Waals surface area contributed by atoms with Gasteiger partial charge in [-0.05, 0) is 50.4 Å². The van der Waals surface area contributed by atoms with Gasteiger partial charge in [0, 0.05) is 24.0 Å². The Morgan fingerprint density at radius 2 is 1.84 bits per heavy atom. The van der Waals surface area contributed by atoms with E-state index in [9.17, 15) is 22.8 Å². The van der Waals surface area contributed by atoms with Crippen molar-refractivity contribution in [3.05, 3.63) is 52.2 Å². The highest BCUT2D eigenvalue weighted by Crippen LogP contribution is 2.15. The van der Waals surface area contributed by atoms with Crippen LogP contribution in [0.1, 0.15) is 36.0 Å². The van der Waals surface area contributed by atoms with Crippen LogP contribution in [0.4, 0.5) is 0 Å². The van der Waals surface area contributed by atoms with Gasteiger partial charge in [-0.25, -0.2) is 17.9 Å². The first-order valence-corrected chi connectivity index (χ1v) is 12.1. The van der Waals surface area contributed by atoms with Gasteiger partial charge in [-0.1, -0.05) is 12.1 Å². The Hall–Kier alpha value is -2.76. The molecule has 174 valence electrons. The van der Waals surface area contributed by atoms with Crippen molar-refractivity contribution in [3.8, 4) is 0 Å². The van der Waals surface area contributed by atoms with Gasteiger partial charge in [-0.15, -0.1) is 11.3 Å². The zero-order valence-corrected chi connectivity index (χ0v) is 20.0. The van der Waals surface area contributed by atoms with Gasteiger partial charge in [-0.3, -0.25) is 9.59 Å². The molecule has 0 spiro atoms. The summed E-state index contributed by atoms with van der Waals surface area (Å²) < 4.78 is 32.5. The monoisotopic (exact) mass is 481 g/mol. The van der Waals surface area contributed by atoms with Crippen LogP contribution in [0.15, 0.2) is 46.7 Å². The average Bonchev–Trinajstić information content (AvgIpc) is 3.22. The lowest BCUT2D eigenvalue weighted by molar-refractivity contribution is -0.137. The molecule has 2 aromatic rings. The molecule has 2 amide bonds. The standard InChI is InChI=1S/C21H27N3O6S2/c1-21(2,3)23-18(25)13-24(4)19(26)14-30-20(27)15-7-5-9-17(11-15)32(28,29)22-12-16-8-6-10-31-16/h5-11,22H,12-14H2,1-4H3,(H,23,25). The zero-order chi connectivity index (χ0) is 23.9. The molecule has 0 aliphatic rings. The summed E-state index contributed by atoms with van der Waals surface area (Å²) in [6, 6.07) is 8.99. The quantitative estimate of drug-likeness (QED) is 0.527. The molecule has 1 heterocycles. The van der Waals surface area contributed by atoms with Crippen molar-refractivity contribution in [2.75, 3.05) is 20.2 Å². The fraction of sp³-hybridized carbons (Fsp3) is 0.381. The van der Waals surface area contributed by atoms with Gasteiger partial charge < -0.3 is 15.0 Å². The van der Waals surface area contributed by atoms with Crippen LogP contribution < -0.4 is 10.0 Å². The molecular weight excluding hydrogens is 454 g/mol. The minimum absolute atomic E-state index is 0.00933. The maximum absolute atomic E-state index is 12.5. The van der Waals surface area contributed by atoms with Gasteiger partial charge in [0.05, 0.1) is 17.0 Å². The second-order valence-electron chi connectivity index (χ2n) is 8.06. The summed E-state index contributed by atoms with van der Waals surface area (Å²) in [6.45, 7) is 4.84. The number of ether oxygens (including phenoxy) is 1.